The van der Waals surface area contributed by atoms with E-state index in [2.05, 4.69) is 54.7 Å². The van der Waals surface area contributed by atoms with Gasteiger partial charge in [-0.1, -0.05) is 31.3 Å². The molecule has 0 saturated heterocycles. The van der Waals surface area contributed by atoms with Crippen molar-refractivity contribution in [3.05, 3.63) is 35.0 Å². The van der Waals surface area contributed by atoms with Gasteiger partial charge in [0.25, 0.3) is 0 Å². The van der Waals surface area contributed by atoms with Crippen LogP contribution in [-0.4, -0.2) is 16.1 Å². The lowest BCUT2D eigenvalue weighted by Gasteiger charge is -2.12. The van der Waals surface area contributed by atoms with Crippen LogP contribution < -0.4 is 10.1 Å². The molecule has 0 atom stereocenters. The highest BCUT2D eigenvalue weighted by Gasteiger charge is 2.09. The topological polar surface area (TPSA) is 47.0 Å². The van der Waals surface area contributed by atoms with Crippen molar-refractivity contribution in [2.75, 3.05) is 11.9 Å². The molecule has 2 aromatic rings. The largest absolute Gasteiger partial charge is 0.487 e. The van der Waals surface area contributed by atoms with Gasteiger partial charge in [0, 0.05) is 18.1 Å². The van der Waals surface area contributed by atoms with Crippen molar-refractivity contribution in [2.45, 2.75) is 46.6 Å². The molecule has 0 aliphatic rings. The molecule has 4 nitrogen and oxygen atoms in total. The second-order valence-electron chi connectivity index (χ2n) is 5.44. The van der Waals surface area contributed by atoms with E-state index >= 15 is 0 Å². The molecule has 1 aromatic heterocycles. The Bertz CT molecular complexity index is 581. The van der Waals surface area contributed by atoms with Gasteiger partial charge in [-0.25, -0.2) is 0 Å². The Hall–Kier alpha value is -1.62. The minimum atomic E-state index is 0.447. The van der Waals surface area contributed by atoms with E-state index in [9.17, 15) is 0 Å². The summed E-state index contributed by atoms with van der Waals surface area (Å²) in [6.45, 7) is 10.0. The summed E-state index contributed by atoms with van der Waals surface area (Å²) in [6.07, 6.45) is 1.08. The summed E-state index contributed by atoms with van der Waals surface area (Å²) < 4.78 is 9.84. The number of benzene rings is 1. The molecule has 0 unspecified atom stereocenters. The van der Waals surface area contributed by atoms with Crippen LogP contribution in [0.3, 0.4) is 0 Å². The molecule has 0 amide bonds. The highest BCUT2D eigenvalue weighted by molar-refractivity contribution is 7.10. The average molecular weight is 305 g/mol. The third-order valence-corrected chi connectivity index (χ3v) is 4.06. The predicted molar refractivity (Wildman–Crippen MR) is 88.3 cm³/mol. The first-order valence-electron chi connectivity index (χ1n) is 7.40. The summed E-state index contributed by atoms with van der Waals surface area (Å²) in [4.78, 5) is 0. The normalized spacial score (nSPS) is 10.9. The molecule has 0 bridgehead atoms. The second-order valence-corrected chi connectivity index (χ2v) is 6.19. The van der Waals surface area contributed by atoms with Gasteiger partial charge in [0.1, 0.15) is 23.1 Å². The van der Waals surface area contributed by atoms with Crippen molar-refractivity contribution in [1.82, 2.24) is 9.59 Å². The summed E-state index contributed by atoms with van der Waals surface area (Å²) in [5, 5.41) is 8.47. The first-order valence-corrected chi connectivity index (χ1v) is 8.17. The molecule has 0 saturated carbocycles. The van der Waals surface area contributed by atoms with E-state index in [0.717, 1.165) is 29.4 Å². The van der Waals surface area contributed by atoms with Gasteiger partial charge < -0.3 is 10.1 Å². The van der Waals surface area contributed by atoms with Crippen LogP contribution in [-0.2, 0) is 6.61 Å². The summed E-state index contributed by atoms with van der Waals surface area (Å²) >= 11 is 1.38. The van der Waals surface area contributed by atoms with Crippen LogP contribution in [0.1, 0.15) is 49.9 Å². The van der Waals surface area contributed by atoms with Gasteiger partial charge in [-0.3, -0.25) is 0 Å². The molecular weight excluding hydrogens is 282 g/mol. The van der Waals surface area contributed by atoms with Crippen LogP contribution in [0.5, 0.6) is 5.75 Å². The Morgan fingerprint density at radius 2 is 2.14 bits per heavy atom. The molecule has 0 aliphatic carbocycles. The Morgan fingerprint density at radius 3 is 2.81 bits per heavy atom. The zero-order valence-electron chi connectivity index (χ0n) is 13.1. The Morgan fingerprint density at radius 1 is 1.33 bits per heavy atom. The number of rotatable bonds is 7. The number of hydrogen-bond acceptors (Lipinski definition) is 5. The lowest BCUT2D eigenvalue weighted by Crippen LogP contribution is -2.04. The monoisotopic (exact) mass is 305 g/mol. The summed E-state index contributed by atoms with van der Waals surface area (Å²) in [7, 11) is 0. The van der Waals surface area contributed by atoms with E-state index < -0.39 is 0 Å². The van der Waals surface area contributed by atoms with E-state index in [1.54, 1.807) is 0 Å². The number of nitrogens with zero attached hydrogens (tertiary/aromatic N) is 2. The van der Waals surface area contributed by atoms with Crippen LogP contribution in [0.4, 0.5) is 5.00 Å². The van der Waals surface area contributed by atoms with Crippen molar-refractivity contribution >= 4 is 16.5 Å². The molecule has 0 fully saturated rings. The number of anilines is 1. The van der Waals surface area contributed by atoms with E-state index in [1.807, 2.05) is 6.07 Å². The lowest BCUT2D eigenvalue weighted by molar-refractivity contribution is 0.301. The molecule has 1 aromatic carbocycles. The maximum absolute atomic E-state index is 5.85. The second kappa shape index (κ2) is 7.41. The summed E-state index contributed by atoms with van der Waals surface area (Å²) in [5.41, 5.74) is 3.50. The lowest BCUT2D eigenvalue weighted by atomic mass is 9.98. The summed E-state index contributed by atoms with van der Waals surface area (Å²) in [6, 6.07) is 6.26. The van der Waals surface area contributed by atoms with Crippen molar-refractivity contribution in [3.8, 4) is 5.75 Å². The first-order chi connectivity index (χ1) is 10.1. The van der Waals surface area contributed by atoms with E-state index in [-0.39, 0.29) is 0 Å². The third-order valence-electron chi connectivity index (χ3n) is 3.33. The van der Waals surface area contributed by atoms with Gasteiger partial charge >= 0.3 is 0 Å². The molecule has 114 valence electrons. The number of ether oxygens (including phenoxy) is 1. The molecular formula is C16H23N3OS. The zero-order chi connectivity index (χ0) is 15.2. The van der Waals surface area contributed by atoms with Crippen LogP contribution in [0.2, 0.25) is 0 Å². The maximum Gasteiger partial charge on any atom is 0.136 e. The van der Waals surface area contributed by atoms with Crippen molar-refractivity contribution in [2.24, 2.45) is 0 Å². The molecule has 0 aliphatic heterocycles. The van der Waals surface area contributed by atoms with Crippen molar-refractivity contribution in [3.63, 3.8) is 0 Å². The van der Waals surface area contributed by atoms with Crippen LogP contribution >= 0.6 is 11.5 Å². The number of hydrogen-bond donors (Lipinski definition) is 1. The highest BCUT2D eigenvalue weighted by Crippen LogP contribution is 2.25. The van der Waals surface area contributed by atoms with Gasteiger partial charge in [0.05, 0.1) is 0 Å². The van der Waals surface area contributed by atoms with Crippen LogP contribution in [0, 0.1) is 6.92 Å². The molecule has 1 heterocycles. The fourth-order valence-electron chi connectivity index (χ4n) is 2.21. The fraction of sp³-hybridized carbons (Fsp3) is 0.500. The SMILES string of the molecule is CCCNc1snnc1COc1ccc(C(C)C)c(C)c1. The van der Waals surface area contributed by atoms with Crippen molar-refractivity contribution < 1.29 is 4.74 Å². The van der Waals surface area contributed by atoms with E-state index in [0.29, 0.717) is 12.5 Å². The molecule has 0 radical (unpaired) electrons. The van der Waals surface area contributed by atoms with Crippen molar-refractivity contribution in [1.29, 1.82) is 0 Å². The number of aromatic nitrogens is 2. The molecule has 0 spiro atoms. The molecule has 5 heteroatoms. The van der Waals surface area contributed by atoms with Gasteiger partial charge in [0.2, 0.25) is 0 Å². The van der Waals surface area contributed by atoms with Crippen LogP contribution in [0.25, 0.3) is 0 Å². The standard InChI is InChI=1S/C16H23N3OS/c1-5-8-17-16-15(18-19-21-16)10-20-13-6-7-14(11(2)3)12(4)9-13/h6-7,9,11,17H,5,8,10H2,1-4H3. The summed E-state index contributed by atoms with van der Waals surface area (Å²) in [5.74, 6) is 1.41. The quantitative estimate of drug-likeness (QED) is 0.825. The minimum absolute atomic E-state index is 0.447. The van der Waals surface area contributed by atoms with E-state index in [1.165, 1.54) is 22.7 Å². The maximum atomic E-state index is 5.85. The fourth-order valence-corrected chi connectivity index (χ4v) is 2.81. The molecule has 2 rings (SSSR count). The Balaban J connectivity index is 2.00. The Labute approximate surface area is 130 Å². The van der Waals surface area contributed by atoms with E-state index in [4.69, 9.17) is 4.74 Å². The van der Waals surface area contributed by atoms with Crippen LogP contribution in [0.15, 0.2) is 18.2 Å². The zero-order valence-corrected chi connectivity index (χ0v) is 14.0. The van der Waals surface area contributed by atoms with Gasteiger partial charge in [-0.2, -0.15) is 0 Å². The first kappa shape index (κ1) is 15.8. The number of nitrogens with one attached hydrogen (secondary N) is 1. The Kier molecular flexibility index (Phi) is 5.56. The minimum Gasteiger partial charge on any atom is -0.487 e. The van der Waals surface area contributed by atoms with Gasteiger partial charge in [-0.05, 0) is 42.5 Å². The van der Waals surface area contributed by atoms with Gasteiger partial charge in [-0.15, -0.1) is 5.10 Å². The third kappa shape index (κ3) is 4.17. The highest BCUT2D eigenvalue weighted by atomic mass is 32.1. The molecule has 1 N–H and O–H groups in total. The number of aryl methyl sites for hydroxylation is 1. The van der Waals surface area contributed by atoms with Gasteiger partial charge in [0.15, 0.2) is 0 Å². The smallest absolute Gasteiger partial charge is 0.136 e. The molecule has 21 heavy (non-hydrogen) atoms. The average Bonchev–Trinajstić information content (AvgIpc) is 2.90. The predicted octanol–water partition coefficient (Wildman–Crippen LogP) is 4.37.